The predicted octanol–water partition coefficient (Wildman–Crippen LogP) is 5.47. The average molecular weight is 410 g/mol. The number of rotatable bonds is 7. The Bertz CT molecular complexity index is 1210. The lowest BCUT2D eigenvalue weighted by molar-refractivity contribution is -0.111. The van der Waals surface area contributed by atoms with Crippen molar-refractivity contribution in [2.45, 2.75) is 13.5 Å². The van der Waals surface area contributed by atoms with Gasteiger partial charge in [-0.1, -0.05) is 48.5 Å². The van der Waals surface area contributed by atoms with Crippen molar-refractivity contribution in [2.75, 3.05) is 10.6 Å². The Morgan fingerprint density at radius 1 is 0.935 bits per heavy atom. The van der Waals surface area contributed by atoms with E-state index in [0.29, 0.717) is 12.4 Å². The molecule has 154 valence electrons. The molecule has 0 aliphatic carbocycles. The molecule has 6 nitrogen and oxygen atoms in total. The summed E-state index contributed by atoms with van der Waals surface area (Å²) in [5.41, 5.74) is 2.70. The number of benzene rings is 3. The van der Waals surface area contributed by atoms with Gasteiger partial charge in [-0.15, -0.1) is 0 Å². The topological polar surface area (TPSA) is 76.1 Å². The summed E-state index contributed by atoms with van der Waals surface area (Å²) in [4.78, 5) is 20.8. The number of allylic oxidation sites excluding steroid dienone is 1. The van der Waals surface area contributed by atoms with Crippen molar-refractivity contribution >= 4 is 34.3 Å². The highest BCUT2D eigenvalue weighted by Gasteiger charge is 2.09. The van der Waals surface area contributed by atoms with E-state index in [1.807, 2.05) is 78.9 Å². The zero-order chi connectivity index (χ0) is 21.5. The van der Waals surface area contributed by atoms with Crippen LogP contribution in [0.2, 0.25) is 0 Å². The van der Waals surface area contributed by atoms with Crippen LogP contribution in [0.1, 0.15) is 12.5 Å². The van der Waals surface area contributed by atoms with E-state index in [4.69, 9.17) is 4.74 Å². The van der Waals surface area contributed by atoms with Crippen LogP contribution in [0.5, 0.6) is 5.75 Å². The summed E-state index contributed by atoms with van der Waals surface area (Å²) in [5.74, 6) is 1.36. The molecule has 31 heavy (non-hydrogen) atoms. The van der Waals surface area contributed by atoms with Crippen LogP contribution < -0.4 is 15.4 Å². The molecule has 0 aliphatic rings. The van der Waals surface area contributed by atoms with E-state index in [-0.39, 0.29) is 11.9 Å². The molecule has 0 bridgehead atoms. The van der Waals surface area contributed by atoms with Gasteiger partial charge in [0.15, 0.2) is 0 Å². The lowest BCUT2D eigenvalue weighted by Gasteiger charge is -2.12. The Morgan fingerprint density at radius 2 is 1.68 bits per heavy atom. The van der Waals surface area contributed by atoms with Crippen molar-refractivity contribution in [2.24, 2.45) is 0 Å². The van der Waals surface area contributed by atoms with Crippen molar-refractivity contribution in [1.29, 1.82) is 0 Å². The number of carbonyl (C=O) groups excluding carboxylic acids is 1. The third-order valence-corrected chi connectivity index (χ3v) is 4.52. The molecule has 0 fully saturated rings. The van der Waals surface area contributed by atoms with Gasteiger partial charge in [-0.2, -0.15) is 4.98 Å². The fraction of sp³-hybridized carbons (Fsp3) is 0.0800. The molecule has 4 rings (SSSR count). The Kier molecular flexibility index (Phi) is 6.18. The summed E-state index contributed by atoms with van der Waals surface area (Å²) in [5, 5.41) is 6.87. The van der Waals surface area contributed by atoms with E-state index in [1.54, 1.807) is 13.0 Å². The third-order valence-electron chi connectivity index (χ3n) is 4.52. The number of carbonyl (C=O) groups is 1. The molecule has 6 heteroatoms. The second-order valence-electron chi connectivity index (χ2n) is 6.83. The highest BCUT2D eigenvalue weighted by molar-refractivity contribution is 5.99. The summed E-state index contributed by atoms with van der Waals surface area (Å²) in [7, 11) is 0. The highest BCUT2D eigenvalue weighted by Crippen LogP contribution is 2.26. The van der Waals surface area contributed by atoms with Gasteiger partial charge < -0.3 is 10.1 Å². The maximum atomic E-state index is 11.9. The minimum Gasteiger partial charge on any atom is -0.489 e. The number of para-hydroxylation sites is 1. The van der Waals surface area contributed by atoms with Crippen LogP contribution in [0.25, 0.3) is 10.9 Å². The summed E-state index contributed by atoms with van der Waals surface area (Å²) in [6, 6.07) is 25.3. The van der Waals surface area contributed by atoms with Gasteiger partial charge >= 0.3 is 0 Å². The maximum absolute atomic E-state index is 11.9. The first kappa shape index (κ1) is 20.1. The molecule has 4 aromatic rings. The molecule has 0 atom stereocenters. The van der Waals surface area contributed by atoms with Crippen LogP contribution in [0.4, 0.5) is 17.5 Å². The van der Waals surface area contributed by atoms with Gasteiger partial charge in [0, 0.05) is 11.1 Å². The van der Waals surface area contributed by atoms with Gasteiger partial charge in [-0.25, -0.2) is 4.98 Å². The number of nitrogens with zero attached hydrogens (tertiary/aromatic N) is 2. The zero-order valence-electron chi connectivity index (χ0n) is 17.1. The van der Waals surface area contributed by atoms with E-state index in [0.717, 1.165) is 27.9 Å². The number of fused-ring (bicyclic) bond motifs is 1. The largest absolute Gasteiger partial charge is 0.489 e. The van der Waals surface area contributed by atoms with Crippen LogP contribution in [0.15, 0.2) is 91.0 Å². The molecular formula is C25H22N4O2. The number of hydrogen-bond acceptors (Lipinski definition) is 5. The van der Waals surface area contributed by atoms with Gasteiger partial charge in [-0.3, -0.25) is 10.1 Å². The van der Waals surface area contributed by atoms with E-state index in [9.17, 15) is 4.79 Å². The quantitative estimate of drug-likeness (QED) is 0.395. The molecule has 0 spiro atoms. The van der Waals surface area contributed by atoms with Crippen molar-refractivity contribution in [3.8, 4) is 5.75 Å². The van der Waals surface area contributed by atoms with Crippen LogP contribution in [-0.4, -0.2) is 15.9 Å². The molecule has 0 saturated heterocycles. The monoisotopic (exact) mass is 410 g/mol. The second kappa shape index (κ2) is 9.54. The van der Waals surface area contributed by atoms with E-state index in [1.165, 1.54) is 6.08 Å². The summed E-state index contributed by atoms with van der Waals surface area (Å²) < 4.78 is 5.85. The smallest absolute Gasteiger partial charge is 0.250 e. The third kappa shape index (κ3) is 5.25. The normalized spacial score (nSPS) is 10.9. The molecule has 2 N–H and O–H groups in total. The number of anilines is 3. The standard InChI is InChI=1S/C25H22N4O2/c1-2-8-23(30)28-25-27-22-12-7-6-11-21(22)24(29-25)26-19-13-15-20(16-14-19)31-17-18-9-4-3-5-10-18/h2-16H,17H2,1H3,(H2,26,27,28,29,30). The Balaban J connectivity index is 1.52. The average Bonchev–Trinajstić information content (AvgIpc) is 2.79. The van der Waals surface area contributed by atoms with Gasteiger partial charge in [0.25, 0.3) is 0 Å². The molecule has 1 aromatic heterocycles. The molecule has 0 saturated carbocycles. The fourth-order valence-electron chi connectivity index (χ4n) is 3.04. The van der Waals surface area contributed by atoms with Crippen molar-refractivity contribution < 1.29 is 9.53 Å². The Hall–Kier alpha value is -4.19. The predicted molar refractivity (Wildman–Crippen MR) is 123 cm³/mol. The molecule has 0 unspecified atom stereocenters. The number of amides is 1. The van der Waals surface area contributed by atoms with Crippen molar-refractivity contribution in [3.63, 3.8) is 0 Å². The minimum absolute atomic E-state index is 0.243. The summed E-state index contributed by atoms with van der Waals surface area (Å²) in [6.45, 7) is 2.29. The number of hydrogen-bond donors (Lipinski definition) is 2. The lowest BCUT2D eigenvalue weighted by atomic mass is 10.2. The number of aromatic nitrogens is 2. The Labute approximate surface area is 180 Å². The van der Waals surface area contributed by atoms with Gasteiger partial charge in [-0.05, 0) is 55.0 Å². The first-order valence-corrected chi connectivity index (χ1v) is 9.95. The van der Waals surface area contributed by atoms with Gasteiger partial charge in [0.05, 0.1) is 5.52 Å². The molecule has 3 aromatic carbocycles. The fourth-order valence-corrected chi connectivity index (χ4v) is 3.04. The van der Waals surface area contributed by atoms with Gasteiger partial charge in [0.2, 0.25) is 11.9 Å². The van der Waals surface area contributed by atoms with Crippen molar-refractivity contribution in [3.05, 3.63) is 96.6 Å². The summed E-state index contributed by atoms with van der Waals surface area (Å²) >= 11 is 0. The number of ether oxygens (including phenoxy) is 1. The van der Waals surface area contributed by atoms with Crippen LogP contribution in [0.3, 0.4) is 0 Å². The van der Waals surface area contributed by atoms with Crippen LogP contribution in [-0.2, 0) is 11.4 Å². The zero-order valence-corrected chi connectivity index (χ0v) is 17.1. The van der Waals surface area contributed by atoms with Crippen LogP contribution in [0, 0.1) is 0 Å². The maximum Gasteiger partial charge on any atom is 0.250 e. The molecule has 1 heterocycles. The SMILES string of the molecule is CC=CC(=O)Nc1nc(Nc2ccc(OCc3ccccc3)cc2)c2ccccc2n1. The molecule has 0 radical (unpaired) electrons. The first-order chi connectivity index (χ1) is 15.2. The second-order valence-corrected chi connectivity index (χ2v) is 6.83. The minimum atomic E-state index is -0.274. The number of nitrogens with one attached hydrogen (secondary N) is 2. The lowest BCUT2D eigenvalue weighted by Crippen LogP contribution is -2.12. The van der Waals surface area contributed by atoms with E-state index >= 15 is 0 Å². The molecule has 1 amide bonds. The Morgan fingerprint density at radius 3 is 2.45 bits per heavy atom. The first-order valence-electron chi connectivity index (χ1n) is 9.95. The molecular weight excluding hydrogens is 388 g/mol. The summed E-state index contributed by atoms with van der Waals surface area (Å²) in [6.07, 6.45) is 3.09. The van der Waals surface area contributed by atoms with E-state index in [2.05, 4.69) is 20.6 Å². The van der Waals surface area contributed by atoms with Crippen molar-refractivity contribution in [1.82, 2.24) is 9.97 Å². The van der Waals surface area contributed by atoms with Crippen LogP contribution >= 0.6 is 0 Å². The van der Waals surface area contributed by atoms with Gasteiger partial charge in [0.1, 0.15) is 18.2 Å². The van der Waals surface area contributed by atoms with E-state index < -0.39 is 0 Å². The highest BCUT2D eigenvalue weighted by atomic mass is 16.5. The molecule has 0 aliphatic heterocycles.